The van der Waals surface area contributed by atoms with Crippen molar-refractivity contribution in [2.75, 3.05) is 13.1 Å². The molecule has 0 saturated carbocycles. The number of piperidine rings is 1. The molecule has 0 aliphatic carbocycles. The predicted octanol–water partition coefficient (Wildman–Crippen LogP) is 6.77. The molecule has 3 aromatic carbocycles. The van der Waals surface area contributed by atoms with Crippen LogP contribution in [0.25, 0.3) is 11.1 Å². The highest BCUT2D eigenvalue weighted by molar-refractivity contribution is 14.1. The number of amides is 1. The SMILES string of the molecule is CCC(NC(=O)c1ccc(CC2CCN(Cc3ccc4ncoc4c3)CC2)cc1)c1ccc(I)cc1. The van der Waals surface area contributed by atoms with Crippen molar-refractivity contribution in [2.24, 2.45) is 5.92 Å². The predicted molar refractivity (Wildman–Crippen MR) is 152 cm³/mol. The number of nitrogens with zero attached hydrogens (tertiary/aromatic N) is 2. The van der Waals surface area contributed by atoms with Gasteiger partial charge in [0.15, 0.2) is 12.0 Å². The Balaban J connectivity index is 1.11. The van der Waals surface area contributed by atoms with Crippen molar-refractivity contribution in [3.63, 3.8) is 0 Å². The zero-order valence-electron chi connectivity index (χ0n) is 20.6. The van der Waals surface area contributed by atoms with E-state index in [2.05, 4.69) is 93.2 Å². The molecule has 1 aliphatic heterocycles. The molecule has 5 rings (SSSR count). The van der Waals surface area contributed by atoms with E-state index in [1.54, 1.807) is 0 Å². The normalized spacial score (nSPS) is 15.7. The highest BCUT2D eigenvalue weighted by Gasteiger charge is 2.20. The van der Waals surface area contributed by atoms with Crippen LogP contribution in [0.1, 0.15) is 59.3 Å². The second-order valence-corrected chi connectivity index (χ2v) is 11.0. The molecule has 1 N–H and O–H groups in total. The van der Waals surface area contributed by atoms with Crippen molar-refractivity contribution >= 4 is 39.6 Å². The van der Waals surface area contributed by atoms with Gasteiger partial charge >= 0.3 is 0 Å². The molecule has 186 valence electrons. The number of rotatable bonds is 8. The third-order valence-corrected chi connectivity index (χ3v) is 7.95. The molecular formula is C30H32IN3O2. The minimum atomic E-state index is -0.0104. The maximum Gasteiger partial charge on any atom is 0.251 e. The number of benzene rings is 3. The quantitative estimate of drug-likeness (QED) is 0.229. The summed E-state index contributed by atoms with van der Waals surface area (Å²) in [6.45, 7) is 5.27. The fraction of sp³-hybridized carbons (Fsp3) is 0.333. The van der Waals surface area contributed by atoms with Gasteiger partial charge < -0.3 is 9.73 Å². The van der Waals surface area contributed by atoms with Crippen LogP contribution in [0.3, 0.4) is 0 Å². The van der Waals surface area contributed by atoms with Gasteiger partial charge in [0.1, 0.15) is 5.52 Å². The number of halogens is 1. The van der Waals surface area contributed by atoms with Gasteiger partial charge in [0.2, 0.25) is 0 Å². The van der Waals surface area contributed by atoms with E-state index in [0.29, 0.717) is 5.92 Å². The summed E-state index contributed by atoms with van der Waals surface area (Å²) < 4.78 is 6.65. The van der Waals surface area contributed by atoms with Crippen molar-refractivity contribution in [3.05, 3.63) is 98.9 Å². The summed E-state index contributed by atoms with van der Waals surface area (Å²) in [5, 5.41) is 3.20. The molecule has 1 unspecified atom stereocenters. The number of carbonyl (C=O) groups excluding carboxylic acids is 1. The first-order chi connectivity index (χ1) is 17.6. The minimum Gasteiger partial charge on any atom is -0.443 e. The van der Waals surface area contributed by atoms with Crippen LogP contribution in [0, 0.1) is 9.49 Å². The molecule has 1 saturated heterocycles. The van der Waals surface area contributed by atoms with Crippen LogP contribution in [0.2, 0.25) is 0 Å². The van der Waals surface area contributed by atoms with E-state index in [0.717, 1.165) is 54.7 Å². The van der Waals surface area contributed by atoms with Gasteiger partial charge in [-0.15, -0.1) is 0 Å². The van der Waals surface area contributed by atoms with Crippen molar-refractivity contribution < 1.29 is 9.21 Å². The van der Waals surface area contributed by atoms with E-state index in [1.807, 2.05) is 18.2 Å². The summed E-state index contributed by atoms with van der Waals surface area (Å²) in [5.41, 5.74) is 6.23. The standard InChI is InChI=1S/C30H32IN3O2/c1-2-27(24-8-10-26(31)11-9-24)33-30(35)25-6-3-21(4-7-25)17-22-13-15-34(16-14-22)19-23-5-12-28-29(18-23)36-20-32-28/h3-12,18,20,22,27H,2,13-17,19H2,1H3,(H,33,35). The third kappa shape index (κ3) is 6.16. The molecular weight excluding hydrogens is 561 g/mol. The molecule has 0 bridgehead atoms. The number of nitrogens with one attached hydrogen (secondary N) is 1. The van der Waals surface area contributed by atoms with Crippen LogP contribution in [-0.4, -0.2) is 28.9 Å². The molecule has 4 aromatic rings. The molecule has 36 heavy (non-hydrogen) atoms. The number of oxazole rings is 1. The topological polar surface area (TPSA) is 58.4 Å². The van der Waals surface area contributed by atoms with E-state index in [-0.39, 0.29) is 11.9 Å². The third-order valence-electron chi connectivity index (χ3n) is 7.24. The number of fused-ring (bicyclic) bond motifs is 1. The molecule has 1 amide bonds. The van der Waals surface area contributed by atoms with Crippen molar-refractivity contribution in [1.82, 2.24) is 15.2 Å². The zero-order chi connectivity index (χ0) is 24.9. The molecule has 1 fully saturated rings. The molecule has 1 aliphatic rings. The monoisotopic (exact) mass is 593 g/mol. The van der Waals surface area contributed by atoms with E-state index < -0.39 is 0 Å². The largest absolute Gasteiger partial charge is 0.443 e. The summed E-state index contributed by atoms with van der Waals surface area (Å²) in [5.74, 6) is 0.673. The molecule has 0 radical (unpaired) electrons. The fourth-order valence-corrected chi connectivity index (χ4v) is 5.45. The van der Waals surface area contributed by atoms with Crippen LogP contribution in [0.15, 0.2) is 77.5 Å². The number of aromatic nitrogens is 1. The van der Waals surface area contributed by atoms with E-state index in [4.69, 9.17) is 4.42 Å². The number of hydrogen-bond donors (Lipinski definition) is 1. The van der Waals surface area contributed by atoms with Gasteiger partial charge in [0, 0.05) is 15.7 Å². The zero-order valence-corrected chi connectivity index (χ0v) is 22.8. The van der Waals surface area contributed by atoms with Crippen molar-refractivity contribution in [3.8, 4) is 0 Å². The molecule has 2 heterocycles. The van der Waals surface area contributed by atoms with Crippen molar-refractivity contribution in [1.29, 1.82) is 0 Å². The number of likely N-dealkylation sites (tertiary alicyclic amines) is 1. The lowest BCUT2D eigenvalue weighted by molar-refractivity contribution is 0.0935. The maximum atomic E-state index is 12.9. The van der Waals surface area contributed by atoms with Crippen LogP contribution in [0.5, 0.6) is 0 Å². The van der Waals surface area contributed by atoms with Crippen LogP contribution in [-0.2, 0) is 13.0 Å². The first kappa shape index (κ1) is 25.0. The van der Waals surface area contributed by atoms with Gasteiger partial charge in [0.05, 0.1) is 6.04 Å². The lowest BCUT2D eigenvalue weighted by Gasteiger charge is -2.32. The van der Waals surface area contributed by atoms with E-state index in [1.165, 1.54) is 33.9 Å². The number of carbonyl (C=O) groups is 1. The van der Waals surface area contributed by atoms with Gasteiger partial charge in [-0.3, -0.25) is 9.69 Å². The summed E-state index contributed by atoms with van der Waals surface area (Å²) in [7, 11) is 0. The first-order valence-corrected chi connectivity index (χ1v) is 13.8. The molecule has 1 atom stereocenters. The van der Waals surface area contributed by atoms with Crippen LogP contribution >= 0.6 is 22.6 Å². The lowest BCUT2D eigenvalue weighted by atomic mass is 9.89. The molecule has 1 aromatic heterocycles. The highest BCUT2D eigenvalue weighted by atomic mass is 127. The average Bonchev–Trinajstić information content (AvgIpc) is 3.37. The van der Waals surface area contributed by atoms with E-state index in [9.17, 15) is 4.79 Å². The van der Waals surface area contributed by atoms with Crippen LogP contribution < -0.4 is 5.32 Å². The molecule has 6 heteroatoms. The van der Waals surface area contributed by atoms with Gasteiger partial charge in [-0.1, -0.05) is 37.3 Å². The first-order valence-electron chi connectivity index (χ1n) is 12.8. The summed E-state index contributed by atoms with van der Waals surface area (Å²) in [6, 6.07) is 22.9. The van der Waals surface area contributed by atoms with Gasteiger partial charge in [0.25, 0.3) is 5.91 Å². The number of hydrogen-bond acceptors (Lipinski definition) is 4. The Bertz CT molecular complexity index is 1290. The smallest absolute Gasteiger partial charge is 0.251 e. The Kier molecular flexibility index (Phi) is 8.02. The lowest BCUT2D eigenvalue weighted by Crippen LogP contribution is -2.33. The Morgan fingerprint density at radius 2 is 1.78 bits per heavy atom. The van der Waals surface area contributed by atoms with Crippen LogP contribution in [0.4, 0.5) is 0 Å². The second-order valence-electron chi connectivity index (χ2n) is 9.76. The molecule has 5 nitrogen and oxygen atoms in total. The van der Waals surface area contributed by atoms with Crippen molar-refractivity contribution in [2.45, 2.75) is 45.2 Å². The Morgan fingerprint density at radius 3 is 2.50 bits per heavy atom. The molecule has 0 spiro atoms. The van der Waals surface area contributed by atoms with Gasteiger partial charge in [-0.05, 0) is 120 Å². The second kappa shape index (κ2) is 11.6. The summed E-state index contributed by atoms with van der Waals surface area (Å²) >= 11 is 2.30. The maximum absolute atomic E-state index is 12.9. The minimum absolute atomic E-state index is 0.0104. The Labute approximate surface area is 226 Å². The average molecular weight is 594 g/mol. The van der Waals surface area contributed by atoms with Gasteiger partial charge in [-0.25, -0.2) is 4.98 Å². The van der Waals surface area contributed by atoms with Gasteiger partial charge in [-0.2, -0.15) is 0 Å². The summed E-state index contributed by atoms with van der Waals surface area (Å²) in [6.07, 6.45) is 5.83. The highest BCUT2D eigenvalue weighted by Crippen LogP contribution is 2.24. The van der Waals surface area contributed by atoms with E-state index >= 15 is 0 Å². The Hall–Kier alpha value is -2.71. The Morgan fingerprint density at radius 1 is 1.06 bits per heavy atom. The fourth-order valence-electron chi connectivity index (χ4n) is 5.09. The summed E-state index contributed by atoms with van der Waals surface area (Å²) in [4.78, 5) is 19.6.